The van der Waals surface area contributed by atoms with Crippen molar-refractivity contribution in [1.82, 2.24) is 9.55 Å². The number of hydrogen-bond acceptors (Lipinski definition) is 4. The summed E-state index contributed by atoms with van der Waals surface area (Å²) in [6.45, 7) is 1.87. The molecule has 0 unspecified atom stereocenters. The smallest absolute Gasteiger partial charge is 0.416 e. The van der Waals surface area contributed by atoms with Crippen molar-refractivity contribution in [1.29, 1.82) is 0 Å². The Kier molecular flexibility index (Phi) is 9.38. The molecule has 3 heterocycles. The molecule has 4 fully saturated rings. The Hall–Kier alpha value is -5.85. The van der Waals surface area contributed by atoms with Crippen molar-refractivity contribution in [2.45, 2.75) is 43.7 Å². The van der Waals surface area contributed by atoms with Gasteiger partial charge in [-0.25, -0.2) is 4.98 Å². The number of para-hydroxylation sites is 3. The molecular weight excluding hydrogens is 961 g/mol. The molecule has 6 aromatic carbocycles. The van der Waals surface area contributed by atoms with Gasteiger partial charge in [-0.15, -0.1) is 48.1 Å². The zero-order valence-electron chi connectivity index (χ0n) is 33.5. The number of halogens is 3. The molecule has 62 heavy (non-hydrogen) atoms. The maximum atomic E-state index is 13.4. The summed E-state index contributed by atoms with van der Waals surface area (Å²) in [5.74, 6) is 4.82. The molecular formula is C53H40F3N4OPt-3. The number of hydrogen-bond donors (Lipinski definition) is 0. The summed E-state index contributed by atoms with van der Waals surface area (Å²) in [6, 6.07) is 54.2. The van der Waals surface area contributed by atoms with Gasteiger partial charge < -0.3 is 19.1 Å². The minimum Gasteiger partial charge on any atom is -0.509 e. The quantitative estimate of drug-likeness (QED) is 0.149. The van der Waals surface area contributed by atoms with Gasteiger partial charge in [0.15, 0.2) is 0 Å². The van der Waals surface area contributed by atoms with E-state index in [0.717, 1.165) is 63.0 Å². The van der Waals surface area contributed by atoms with Crippen molar-refractivity contribution in [3.63, 3.8) is 0 Å². The van der Waals surface area contributed by atoms with Crippen molar-refractivity contribution in [3.8, 4) is 17.3 Å². The van der Waals surface area contributed by atoms with Crippen LogP contribution in [-0.2, 0) is 32.7 Å². The van der Waals surface area contributed by atoms with Crippen LogP contribution in [0.3, 0.4) is 0 Å². The van der Waals surface area contributed by atoms with Gasteiger partial charge in [0.2, 0.25) is 0 Å². The molecule has 0 amide bonds. The van der Waals surface area contributed by atoms with Crippen LogP contribution in [0.2, 0.25) is 0 Å². The van der Waals surface area contributed by atoms with Gasteiger partial charge in [-0.05, 0) is 127 Å². The van der Waals surface area contributed by atoms with Gasteiger partial charge in [0.05, 0.1) is 5.56 Å². The second kappa shape index (κ2) is 14.9. The molecule has 312 valence electrons. The molecule has 0 saturated heterocycles. The molecule has 8 aromatic rings. The largest absolute Gasteiger partial charge is 0.509 e. The number of rotatable bonds is 7. The Morgan fingerprint density at radius 1 is 0.629 bits per heavy atom. The predicted molar refractivity (Wildman–Crippen MR) is 233 cm³/mol. The SMILES string of the molecule is FC(F)(F)c1ccc(N2[CH-]N(c3[c-]c(Oc4[c-]c5c(cc4)c4ccccc4n5-c4cc(C5(c6ccccc6)C6CC7CC(C6)CC5C7)ccn4)ccc3)c3ccccc32)cc1.[Pt]. The maximum Gasteiger partial charge on any atom is 0.416 e. The number of alkyl halides is 3. The predicted octanol–water partition coefficient (Wildman–Crippen LogP) is 13.7. The third-order valence-corrected chi connectivity index (χ3v) is 14.0. The summed E-state index contributed by atoms with van der Waals surface area (Å²) in [5, 5.41) is 2.18. The third kappa shape index (κ3) is 6.19. The van der Waals surface area contributed by atoms with Crippen LogP contribution in [0.15, 0.2) is 152 Å². The fourth-order valence-electron chi connectivity index (χ4n) is 11.8. The fraction of sp³-hybridized carbons (Fsp3) is 0.208. The van der Waals surface area contributed by atoms with Gasteiger partial charge in [0.1, 0.15) is 5.82 Å². The number of aromatic nitrogens is 2. The number of benzene rings is 6. The minimum absolute atomic E-state index is 0. The summed E-state index contributed by atoms with van der Waals surface area (Å²) < 4.78 is 48.9. The van der Waals surface area contributed by atoms with Gasteiger partial charge in [0.25, 0.3) is 0 Å². The van der Waals surface area contributed by atoms with Crippen molar-refractivity contribution >= 4 is 44.6 Å². The molecule has 4 aliphatic carbocycles. The van der Waals surface area contributed by atoms with Crippen LogP contribution < -0.4 is 14.5 Å². The first-order valence-electron chi connectivity index (χ1n) is 21.2. The van der Waals surface area contributed by atoms with Crippen LogP contribution in [0.5, 0.6) is 11.5 Å². The second-order valence-electron chi connectivity index (χ2n) is 17.3. The Morgan fingerprint density at radius 3 is 2.05 bits per heavy atom. The second-order valence-corrected chi connectivity index (χ2v) is 17.3. The molecule has 4 bridgehead atoms. The van der Waals surface area contributed by atoms with E-state index in [4.69, 9.17) is 9.72 Å². The fourth-order valence-corrected chi connectivity index (χ4v) is 11.8. The molecule has 0 N–H and O–H groups in total. The van der Waals surface area contributed by atoms with E-state index in [2.05, 4.69) is 89.5 Å². The van der Waals surface area contributed by atoms with Gasteiger partial charge >= 0.3 is 6.18 Å². The van der Waals surface area contributed by atoms with Crippen LogP contribution >= 0.6 is 0 Å². The van der Waals surface area contributed by atoms with E-state index in [1.54, 1.807) is 0 Å². The van der Waals surface area contributed by atoms with Crippen molar-refractivity contribution in [3.05, 3.63) is 187 Å². The van der Waals surface area contributed by atoms with Crippen molar-refractivity contribution < 1.29 is 39.0 Å². The first kappa shape index (κ1) is 39.0. The summed E-state index contributed by atoms with van der Waals surface area (Å²) in [4.78, 5) is 8.93. The molecule has 9 heteroatoms. The average Bonchev–Trinajstić information content (AvgIpc) is 3.83. The number of ether oxygens (including phenoxy) is 1. The zero-order chi connectivity index (χ0) is 40.9. The molecule has 0 spiro atoms. The number of nitrogens with zero attached hydrogens (tertiary/aromatic N) is 4. The van der Waals surface area contributed by atoms with Gasteiger partial charge in [-0.1, -0.05) is 66.2 Å². The van der Waals surface area contributed by atoms with E-state index in [9.17, 15) is 13.2 Å². The van der Waals surface area contributed by atoms with Crippen LogP contribution in [0.4, 0.5) is 35.9 Å². The standard InChI is InChI=1S/C53H40F3N4O.Pt/c54-53(55,56)37-17-19-41(20-18-37)58-33-59(49-16-7-6-15-48(49)58)42-11-8-12-43(31-42)61-44-21-22-46-45-13-4-5-14-47(45)60(50(46)32-44)51-30-38(23-24-57-51)52(36-9-2-1-3-10-36)39-26-34-25-35(28-39)29-40(52)27-34;/h1-24,30,33-35,39-40H,25-29H2;/q-3;. The van der Waals surface area contributed by atoms with Gasteiger partial charge in [-0.3, -0.25) is 0 Å². The number of fused-ring (bicyclic) bond motifs is 4. The molecule has 0 atom stereocenters. The topological polar surface area (TPSA) is 33.5 Å². The van der Waals surface area contributed by atoms with E-state index in [1.165, 1.54) is 55.4 Å². The molecule has 5 aliphatic rings. The molecule has 2 aromatic heterocycles. The first-order chi connectivity index (χ1) is 29.8. The average molecular weight is 1000 g/mol. The van der Waals surface area contributed by atoms with Crippen molar-refractivity contribution in [2.75, 3.05) is 9.80 Å². The third-order valence-electron chi connectivity index (χ3n) is 14.0. The van der Waals surface area contributed by atoms with Crippen molar-refractivity contribution in [2.24, 2.45) is 23.7 Å². The van der Waals surface area contributed by atoms with Crippen LogP contribution in [-0.4, -0.2) is 9.55 Å². The normalized spacial score (nSPS) is 22.6. The Bertz CT molecular complexity index is 2940. The Balaban J connectivity index is 0.00000432. The summed E-state index contributed by atoms with van der Waals surface area (Å²) in [5.41, 5.74) is 7.03. The number of anilines is 4. The van der Waals surface area contributed by atoms with E-state index in [1.807, 2.05) is 71.2 Å². The summed E-state index contributed by atoms with van der Waals surface area (Å²) >= 11 is 0. The van der Waals surface area contributed by atoms with Crippen LogP contribution in [0.25, 0.3) is 27.6 Å². The monoisotopic (exact) mass is 1000 g/mol. The molecule has 0 radical (unpaired) electrons. The molecule has 5 nitrogen and oxygen atoms in total. The summed E-state index contributed by atoms with van der Waals surface area (Å²) in [6.07, 6.45) is 4.17. The number of pyridine rings is 1. The Morgan fingerprint density at radius 2 is 1.31 bits per heavy atom. The van der Waals surface area contributed by atoms with E-state index in [0.29, 0.717) is 34.7 Å². The van der Waals surface area contributed by atoms with Gasteiger partial charge in [0, 0.05) is 66.8 Å². The maximum absolute atomic E-state index is 13.4. The molecule has 4 saturated carbocycles. The zero-order valence-corrected chi connectivity index (χ0v) is 35.8. The van der Waals surface area contributed by atoms with E-state index in [-0.39, 0.29) is 26.5 Å². The van der Waals surface area contributed by atoms with E-state index >= 15 is 0 Å². The molecule has 13 rings (SSSR count). The van der Waals surface area contributed by atoms with Gasteiger partial charge in [-0.2, -0.15) is 25.3 Å². The van der Waals surface area contributed by atoms with Crippen LogP contribution in [0.1, 0.15) is 48.8 Å². The van der Waals surface area contributed by atoms with Crippen LogP contribution in [0, 0.1) is 42.5 Å². The van der Waals surface area contributed by atoms with E-state index < -0.39 is 11.7 Å². The molecule has 1 aliphatic heterocycles. The minimum atomic E-state index is -4.41. The summed E-state index contributed by atoms with van der Waals surface area (Å²) in [7, 11) is 0. The Labute approximate surface area is 373 Å². The first-order valence-corrected chi connectivity index (χ1v) is 21.2.